The van der Waals surface area contributed by atoms with E-state index >= 15 is 0 Å². The lowest BCUT2D eigenvalue weighted by molar-refractivity contribution is 1.11. The van der Waals surface area contributed by atoms with E-state index in [0.29, 0.717) is 5.69 Å². The van der Waals surface area contributed by atoms with Crippen LogP contribution in [0.2, 0.25) is 0 Å². The number of aromatic nitrogens is 2. The van der Waals surface area contributed by atoms with Gasteiger partial charge in [0.2, 0.25) is 0 Å². The summed E-state index contributed by atoms with van der Waals surface area (Å²) in [5, 5.41) is 8.50. The third-order valence-corrected chi connectivity index (χ3v) is 3.43. The molecule has 0 saturated carbocycles. The fourth-order valence-corrected chi connectivity index (χ4v) is 2.46. The number of nitrogen functional groups attached to an aromatic ring is 1. The van der Waals surface area contributed by atoms with Gasteiger partial charge in [-0.25, -0.2) is 9.97 Å². The van der Waals surface area contributed by atoms with Gasteiger partial charge in [0.25, 0.3) is 0 Å². The van der Waals surface area contributed by atoms with Crippen LogP contribution in [0.4, 0.5) is 11.5 Å². The van der Waals surface area contributed by atoms with Gasteiger partial charge in [-0.05, 0) is 40.6 Å². The van der Waals surface area contributed by atoms with E-state index in [1.807, 2.05) is 18.2 Å². The van der Waals surface area contributed by atoms with E-state index in [1.54, 1.807) is 17.7 Å². The van der Waals surface area contributed by atoms with Crippen molar-refractivity contribution in [1.82, 2.24) is 9.97 Å². The van der Waals surface area contributed by atoms with E-state index in [4.69, 9.17) is 5.73 Å². The minimum atomic E-state index is 0.713. The van der Waals surface area contributed by atoms with Crippen LogP contribution in [0.5, 0.6) is 0 Å². The van der Waals surface area contributed by atoms with Crippen molar-refractivity contribution in [3.63, 3.8) is 0 Å². The van der Waals surface area contributed by atoms with Crippen molar-refractivity contribution in [3.8, 4) is 0 Å². The molecule has 5 heteroatoms. The summed E-state index contributed by atoms with van der Waals surface area (Å²) in [6.45, 7) is 0.764. The molecule has 0 atom stereocenters. The highest BCUT2D eigenvalue weighted by Crippen LogP contribution is 2.21. The molecule has 0 saturated heterocycles. The Bertz CT molecular complexity index is 664. The first-order chi connectivity index (χ1) is 8.83. The molecule has 4 nitrogen and oxygen atoms in total. The van der Waals surface area contributed by atoms with Gasteiger partial charge in [0.05, 0.1) is 5.52 Å². The van der Waals surface area contributed by atoms with Gasteiger partial charge in [-0.1, -0.05) is 0 Å². The molecule has 1 aromatic carbocycles. The Morgan fingerprint density at radius 1 is 1.22 bits per heavy atom. The number of anilines is 2. The quantitative estimate of drug-likeness (QED) is 0.707. The van der Waals surface area contributed by atoms with Crippen molar-refractivity contribution in [3.05, 3.63) is 46.9 Å². The first-order valence-corrected chi connectivity index (χ1v) is 6.52. The van der Waals surface area contributed by atoms with Crippen molar-refractivity contribution >= 4 is 33.7 Å². The number of fused-ring (bicyclic) bond motifs is 1. The van der Waals surface area contributed by atoms with Crippen LogP contribution in [-0.4, -0.2) is 9.97 Å². The molecule has 3 aromatic rings. The fourth-order valence-electron chi connectivity index (χ4n) is 1.79. The SMILES string of the molecule is Nc1ccc2c(NCc3ccsc3)ncnc2c1. The van der Waals surface area contributed by atoms with Crippen LogP contribution < -0.4 is 11.1 Å². The lowest BCUT2D eigenvalue weighted by atomic mass is 10.2. The normalized spacial score (nSPS) is 10.7. The molecule has 2 aromatic heterocycles. The summed E-state index contributed by atoms with van der Waals surface area (Å²) in [5.74, 6) is 0.839. The Labute approximate surface area is 109 Å². The monoisotopic (exact) mass is 256 g/mol. The first-order valence-electron chi connectivity index (χ1n) is 5.58. The second-order valence-corrected chi connectivity index (χ2v) is 4.76. The minimum absolute atomic E-state index is 0.713. The maximum Gasteiger partial charge on any atom is 0.137 e. The predicted octanol–water partition coefficient (Wildman–Crippen LogP) is 2.89. The van der Waals surface area contributed by atoms with Gasteiger partial charge in [-0.15, -0.1) is 0 Å². The Hall–Kier alpha value is -2.14. The molecule has 0 unspecified atom stereocenters. The van der Waals surface area contributed by atoms with Gasteiger partial charge in [0, 0.05) is 17.6 Å². The van der Waals surface area contributed by atoms with E-state index in [1.165, 1.54) is 5.56 Å². The lowest BCUT2D eigenvalue weighted by Gasteiger charge is -2.07. The zero-order valence-corrected chi connectivity index (χ0v) is 10.4. The number of hydrogen-bond acceptors (Lipinski definition) is 5. The largest absolute Gasteiger partial charge is 0.399 e. The number of nitrogens with one attached hydrogen (secondary N) is 1. The summed E-state index contributed by atoms with van der Waals surface area (Å²) in [4.78, 5) is 8.49. The Balaban J connectivity index is 1.92. The van der Waals surface area contributed by atoms with Crippen LogP contribution in [-0.2, 0) is 6.54 Å². The summed E-state index contributed by atoms with van der Waals surface area (Å²) in [5.41, 5.74) is 8.57. The summed E-state index contributed by atoms with van der Waals surface area (Å²) in [6.07, 6.45) is 1.55. The number of rotatable bonds is 3. The summed E-state index contributed by atoms with van der Waals surface area (Å²) < 4.78 is 0. The maximum absolute atomic E-state index is 5.75. The van der Waals surface area contributed by atoms with E-state index in [-0.39, 0.29) is 0 Å². The van der Waals surface area contributed by atoms with Crippen LogP contribution in [0.25, 0.3) is 10.9 Å². The molecule has 0 amide bonds. The summed E-state index contributed by atoms with van der Waals surface area (Å²) in [6, 6.07) is 7.76. The van der Waals surface area contributed by atoms with Crippen LogP contribution in [0.1, 0.15) is 5.56 Å². The zero-order chi connectivity index (χ0) is 12.4. The molecule has 0 spiro atoms. The highest BCUT2D eigenvalue weighted by Gasteiger charge is 2.03. The second kappa shape index (κ2) is 4.62. The maximum atomic E-state index is 5.75. The van der Waals surface area contributed by atoms with E-state index in [2.05, 4.69) is 32.1 Å². The van der Waals surface area contributed by atoms with Gasteiger partial charge in [0.1, 0.15) is 12.1 Å². The van der Waals surface area contributed by atoms with Crippen molar-refractivity contribution in [2.45, 2.75) is 6.54 Å². The third kappa shape index (κ3) is 2.12. The van der Waals surface area contributed by atoms with Gasteiger partial charge in [-0.3, -0.25) is 0 Å². The van der Waals surface area contributed by atoms with Gasteiger partial charge in [-0.2, -0.15) is 11.3 Å². The molecule has 90 valence electrons. The molecule has 0 aliphatic heterocycles. The van der Waals surface area contributed by atoms with E-state index in [9.17, 15) is 0 Å². The van der Waals surface area contributed by atoms with E-state index in [0.717, 1.165) is 23.3 Å². The molecular weight excluding hydrogens is 244 g/mol. The number of nitrogens with two attached hydrogens (primary N) is 1. The van der Waals surface area contributed by atoms with Gasteiger partial charge >= 0.3 is 0 Å². The van der Waals surface area contributed by atoms with Gasteiger partial charge < -0.3 is 11.1 Å². The molecular formula is C13H12N4S. The molecule has 0 aliphatic rings. The molecule has 0 radical (unpaired) electrons. The standard InChI is InChI=1S/C13H12N4S/c14-10-1-2-11-12(5-10)16-8-17-13(11)15-6-9-3-4-18-7-9/h1-5,7-8H,6,14H2,(H,15,16,17). The summed E-state index contributed by atoms with van der Waals surface area (Å²) in [7, 11) is 0. The zero-order valence-electron chi connectivity index (χ0n) is 9.63. The average molecular weight is 256 g/mol. The number of benzene rings is 1. The lowest BCUT2D eigenvalue weighted by Crippen LogP contribution is -2.01. The van der Waals surface area contributed by atoms with Crippen molar-refractivity contribution < 1.29 is 0 Å². The highest BCUT2D eigenvalue weighted by atomic mass is 32.1. The third-order valence-electron chi connectivity index (χ3n) is 2.70. The highest BCUT2D eigenvalue weighted by molar-refractivity contribution is 7.07. The topological polar surface area (TPSA) is 63.8 Å². The number of nitrogens with zero attached hydrogens (tertiary/aromatic N) is 2. The average Bonchev–Trinajstić information content (AvgIpc) is 2.89. The van der Waals surface area contributed by atoms with Crippen molar-refractivity contribution in [2.24, 2.45) is 0 Å². The first kappa shape index (κ1) is 11.0. The molecule has 18 heavy (non-hydrogen) atoms. The van der Waals surface area contributed by atoms with Crippen molar-refractivity contribution in [1.29, 1.82) is 0 Å². The predicted molar refractivity (Wildman–Crippen MR) is 75.6 cm³/mol. The second-order valence-electron chi connectivity index (χ2n) is 3.98. The van der Waals surface area contributed by atoms with Crippen LogP contribution in [0.3, 0.4) is 0 Å². The summed E-state index contributed by atoms with van der Waals surface area (Å²) >= 11 is 1.69. The van der Waals surface area contributed by atoms with Gasteiger partial charge in [0.15, 0.2) is 0 Å². The number of hydrogen-bond donors (Lipinski definition) is 2. The van der Waals surface area contributed by atoms with Crippen LogP contribution in [0, 0.1) is 0 Å². The van der Waals surface area contributed by atoms with Crippen LogP contribution >= 0.6 is 11.3 Å². The van der Waals surface area contributed by atoms with Crippen LogP contribution in [0.15, 0.2) is 41.4 Å². The van der Waals surface area contributed by atoms with Crippen molar-refractivity contribution in [2.75, 3.05) is 11.1 Å². The minimum Gasteiger partial charge on any atom is -0.399 e. The van der Waals surface area contributed by atoms with E-state index < -0.39 is 0 Å². The smallest absolute Gasteiger partial charge is 0.137 e. The Morgan fingerprint density at radius 2 is 2.17 bits per heavy atom. The molecule has 3 rings (SSSR count). The molecule has 3 N–H and O–H groups in total. The Kier molecular flexibility index (Phi) is 2.82. The Morgan fingerprint density at radius 3 is 3.00 bits per heavy atom. The molecule has 0 bridgehead atoms. The number of thiophene rings is 1. The fraction of sp³-hybridized carbons (Fsp3) is 0.0769. The molecule has 2 heterocycles. The molecule has 0 fully saturated rings. The molecule has 0 aliphatic carbocycles.